The Bertz CT molecular complexity index is 1080. The molecular weight excluding hydrogens is 597 g/mol. The van der Waals surface area contributed by atoms with E-state index < -0.39 is 78.1 Å². The fourth-order valence-corrected chi connectivity index (χ4v) is 6.16. The molecular formula is C25H40N3O12PS. The molecule has 0 aliphatic carbocycles. The van der Waals surface area contributed by atoms with Crippen LogP contribution in [0.3, 0.4) is 0 Å². The maximum atomic E-state index is 12.9. The molecule has 42 heavy (non-hydrogen) atoms. The van der Waals surface area contributed by atoms with E-state index in [-0.39, 0.29) is 44.7 Å². The van der Waals surface area contributed by atoms with Crippen LogP contribution in [0.4, 0.5) is 0 Å². The average molecular weight is 638 g/mol. The highest BCUT2D eigenvalue weighted by Gasteiger charge is 2.49. The van der Waals surface area contributed by atoms with Crippen LogP contribution >= 0.6 is 19.5 Å². The van der Waals surface area contributed by atoms with Gasteiger partial charge in [0.1, 0.15) is 11.8 Å². The summed E-state index contributed by atoms with van der Waals surface area (Å²) in [6.45, 7) is 6.10. The lowest BCUT2D eigenvalue weighted by Gasteiger charge is -2.40. The first kappa shape index (κ1) is 37.4. The number of hydrogen-bond donors (Lipinski definition) is 3. The van der Waals surface area contributed by atoms with Crippen LogP contribution in [0.15, 0.2) is 0 Å². The van der Waals surface area contributed by atoms with Crippen molar-refractivity contribution in [1.82, 2.24) is 15.7 Å². The molecule has 1 fully saturated rings. The second-order valence-electron chi connectivity index (χ2n) is 10.2. The molecule has 0 aromatic heterocycles. The molecule has 238 valence electrons. The Morgan fingerprint density at radius 3 is 2.26 bits per heavy atom. The van der Waals surface area contributed by atoms with Crippen molar-refractivity contribution >= 4 is 59.9 Å². The average Bonchev–Trinajstić information content (AvgIpc) is 2.94. The molecule has 3 N–H and O–H groups in total. The van der Waals surface area contributed by atoms with E-state index in [2.05, 4.69) is 25.2 Å². The number of thioether (sulfide) groups is 1. The van der Waals surface area contributed by atoms with Gasteiger partial charge in [-0.1, -0.05) is 25.6 Å². The smallest absolute Gasteiger partial charge is 0.407 e. The van der Waals surface area contributed by atoms with Crippen LogP contribution in [0.2, 0.25) is 0 Å². The maximum absolute atomic E-state index is 12.9. The third kappa shape index (κ3) is 12.7. The van der Waals surface area contributed by atoms with Crippen LogP contribution in [0.1, 0.15) is 53.4 Å². The zero-order chi connectivity index (χ0) is 32.1. The third-order valence-electron chi connectivity index (χ3n) is 6.07. The number of esters is 2. The van der Waals surface area contributed by atoms with Gasteiger partial charge in [-0.15, -0.1) is 0 Å². The molecule has 2 amide bonds. The minimum absolute atomic E-state index is 0.0562. The summed E-state index contributed by atoms with van der Waals surface area (Å²) in [4.78, 5) is 83.9. The molecule has 0 saturated carbocycles. The van der Waals surface area contributed by atoms with E-state index in [9.17, 15) is 38.1 Å². The van der Waals surface area contributed by atoms with Gasteiger partial charge < -0.3 is 20.1 Å². The Morgan fingerprint density at radius 1 is 0.976 bits per heavy atom. The van der Waals surface area contributed by atoms with Gasteiger partial charge in [-0.3, -0.25) is 42.6 Å². The van der Waals surface area contributed by atoms with Crippen LogP contribution in [0, 0.1) is 11.3 Å². The van der Waals surface area contributed by atoms with Crippen molar-refractivity contribution in [3.05, 3.63) is 0 Å². The summed E-state index contributed by atoms with van der Waals surface area (Å²) in [6, 6.07) is -1.01. The van der Waals surface area contributed by atoms with Crippen LogP contribution in [-0.2, 0) is 56.6 Å². The first-order valence-corrected chi connectivity index (χ1v) is 15.7. The highest BCUT2D eigenvalue weighted by atomic mass is 32.2. The second-order valence-corrected chi connectivity index (χ2v) is 13.0. The fraction of sp³-hybridized carbons (Fsp3) is 0.720. The number of Topliss-reactive ketones (excluding diaryl/α,β-unsaturated/α-hetero) is 2. The fourth-order valence-electron chi connectivity index (χ4n) is 3.43. The Balaban J connectivity index is 2.40. The minimum atomic E-state index is -4.01. The zero-order valence-electron chi connectivity index (χ0n) is 24.6. The number of hydrogen-bond acceptors (Lipinski definition) is 13. The highest BCUT2D eigenvalue weighted by Crippen LogP contribution is 2.53. The summed E-state index contributed by atoms with van der Waals surface area (Å²) < 4.78 is 32.7. The van der Waals surface area contributed by atoms with Crippen LogP contribution in [0.5, 0.6) is 0 Å². The Kier molecular flexibility index (Phi) is 15.5. The van der Waals surface area contributed by atoms with Gasteiger partial charge in [-0.25, -0.2) is 9.65 Å². The predicted octanol–water partition coefficient (Wildman–Crippen LogP) is 0.687. The van der Waals surface area contributed by atoms with Crippen molar-refractivity contribution in [3.63, 3.8) is 0 Å². The molecule has 1 aliphatic heterocycles. The summed E-state index contributed by atoms with van der Waals surface area (Å²) in [6.07, 6.45) is -2.03. The first-order chi connectivity index (χ1) is 19.5. The topological polar surface area (TPSA) is 210 Å². The molecule has 4 atom stereocenters. The van der Waals surface area contributed by atoms with Gasteiger partial charge in [-0.05, 0) is 13.8 Å². The number of carbonyl (C=O) groups excluding carboxylic acids is 7. The van der Waals surface area contributed by atoms with Crippen molar-refractivity contribution in [2.24, 2.45) is 11.3 Å². The van der Waals surface area contributed by atoms with E-state index in [0.29, 0.717) is 0 Å². The van der Waals surface area contributed by atoms with Gasteiger partial charge >= 0.3 is 19.7 Å². The molecule has 0 spiro atoms. The molecule has 0 radical (unpaired) electrons. The van der Waals surface area contributed by atoms with Crippen molar-refractivity contribution in [3.8, 4) is 0 Å². The van der Waals surface area contributed by atoms with Gasteiger partial charge in [0.2, 0.25) is 11.8 Å². The SMILES string of the molecule is COC(=O)CCC(=O)CC(=O)C(C)C(=O)SCCNC(=O)CCNC(=O)[C@@H]1OP(=O)(N[C@@H](C)C(=O)OC)OCC1(C)C. The summed E-state index contributed by atoms with van der Waals surface area (Å²) in [5.41, 5.74) is -0.866. The predicted molar refractivity (Wildman–Crippen MR) is 150 cm³/mol. The molecule has 0 aromatic rings. The van der Waals surface area contributed by atoms with Crippen molar-refractivity contribution < 1.29 is 56.6 Å². The lowest BCUT2D eigenvalue weighted by molar-refractivity contribution is -0.143. The molecule has 1 heterocycles. The third-order valence-corrected chi connectivity index (χ3v) is 8.78. The van der Waals surface area contributed by atoms with E-state index in [1.807, 2.05) is 0 Å². The summed E-state index contributed by atoms with van der Waals surface area (Å²) in [5.74, 6) is -4.13. The van der Waals surface area contributed by atoms with E-state index in [4.69, 9.17) is 9.05 Å². The van der Waals surface area contributed by atoms with Gasteiger partial charge in [0.05, 0.1) is 39.6 Å². The Hall–Kier alpha value is -2.65. The largest absolute Gasteiger partial charge is 0.469 e. The monoisotopic (exact) mass is 637 g/mol. The Morgan fingerprint density at radius 2 is 1.64 bits per heavy atom. The number of ether oxygens (including phenoxy) is 2. The van der Waals surface area contributed by atoms with Crippen molar-refractivity contribution in [2.75, 3.05) is 39.7 Å². The number of carbonyl (C=O) groups is 7. The van der Waals surface area contributed by atoms with E-state index in [1.165, 1.54) is 28.1 Å². The normalized spacial score (nSPS) is 20.9. The molecule has 2 unspecified atom stereocenters. The number of amides is 2. The summed E-state index contributed by atoms with van der Waals surface area (Å²) >= 11 is 0.839. The second kappa shape index (κ2) is 17.5. The summed E-state index contributed by atoms with van der Waals surface area (Å²) in [5, 5.41) is 7.14. The number of methoxy groups -OCH3 is 2. The van der Waals surface area contributed by atoms with Gasteiger partial charge in [0.25, 0.3) is 0 Å². The first-order valence-electron chi connectivity index (χ1n) is 13.2. The molecule has 1 aliphatic rings. The minimum Gasteiger partial charge on any atom is -0.469 e. The quantitative estimate of drug-likeness (QED) is 0.0867. The van der Waals surface area contributed by atoms with Gasteiger partial charge in [-0.2, -0.15) is 0 Å². The summed E-state index contributed by atoms with van der Waals surface area (Å²) in [7, 11) is -1.65. The van der Waals surface area contributed by atoms with Crippen molar-refractivity contribution in [1.29, 1.82) is 0 Å². The van der Waals surface area contributed by atoms with Gasteiger partial charge in [0.15, 0.2) is 17.0 Å². The molecule has 15 nitrogen and oxygen atoms in total. The molecule has 0 aromatic carbocycles. The number of nitrogens with one attached hydrogen (secondary N) is 3. The Labute approximate surface area is 248 Å². The lowest BCUT2D eigenvalue weighted by Crippen LogP contribution is -2.51. The molecule has 1 rings (SSSR count). The molecule has 1 saturated heterocycles. The van der Waals surface area contributed by atoms with Crippen molar-refractivity contribution in [2.45, 2.75) is 65.5 Å². The van der Waals surface area contributed by atoms with E-state index in [1.54, 1.807) is 13.8 Å². The highest BCUT2D eigenvalue weighted by molar-refractivity contribution is 8.13. The number of rotatable bonds is 17. The molecule has 0 bridgehead atoms. The standard InChI is InChI=1S/C25H40N3O12PS/c1-15(18(30)13-17(29)7-8-20(32)37-5)24(35)42-12-11-26-19(31)9-10-27-22(33)21-25(3,4)14-39-41(36,40-21)28-16(2)23(34)38-6/h15-16,21H,7-14H2,1-6H3,(H,26,31)(H,27,33)(H,28,36)/t15?,16-,21-,41?/m0/s1. The zero-order valence-corrected chi connectivity index (χ0v) is 26.4. The maximum Gasteiger partial charge on any atom is 0.407 e. The van der Waals surface area contributed by atoms with E-state index in [0.717, 1.165) is 11.8 Å². The number of ketones is 2. The van der Waals surface area contributed by atoms with Crippen LogP contribution in [0.25, 0.3) is 0 Å². The van der Waals surface area contributed by atoms with Gasteiger partial charge in [0, 0.05) is 37.1 Å². The van der Waals surface area contributed by atoms with Crippen LogP contribution in [-0.4, -0.2) is 92.2 Å². The van der Waals surface area contributed by atoms with Crippen LogP contribution < -0.4 is 15.7 Å². The molecule has 17 heteroatoms. The lowest BCUT2D eigenvalue weighted by atomic mass is 9.87. The van der Waals surface area contributed by atoms with E-state index >= 15 is 0 Å².